The van der Waals surface area contributed by atoms with E-state index in [0.717, 1.165) is 11.1 Å². The van der Waals surface area contributed by atoms with Gasteiger partial charge in [0.2, 0.25) is 0 Å². The second kappa shape index (κ2) is 6.36. The summed E-state index contributed by atoms with van der Waals surface area (Å²) >= 11 is 0. The number of methoxy groups -OCH3 is 1. The van der Waals surface area contributed by atoms with E-state index in [4.69, 9.17) is 4.74 Å². The van der Waals surface area contributed by atoms with Crippen LogP contribution < -0.4 is 0 Å². The molecule has 1 N–H and O–H groups in total. The van der Waals surface area contributed by atoms with Gasteiger partial charge >= 0.3 is 5.97 Å². The van der Waals surface area contributed by atoms with Crippen LogP contribution in [0.3, 0.4) is 0 Å². The molecule has 0 aliphatic heterocycles. The zero-order chi connectivity index (χ0) is 16.2. The van der Waals surface area contributed by atoms with Gasteiger partial charge in [0, 0.05) is 5.56 Å². The van der Waals surface area contributed by atoms with Crippen LogP contribution in [0.5, 0.6) is 5.75 Å². The highest BCUT2D eigenvalue weighted by molar-refractivity contribution is 5.99. The third-order valence-electron chi connectivity index (χ3n) is 3.73. The molecule has 0 aliphatic rings. The molecule has 23 heavy (non-hydrogen) atoms. The quantitative estimate of drug-likeness (QED) is 0.724. The second-order valence-electron chi connectivity index (χ2n) is 5.14. The number of aromatic hydroxyl groups is 1. The molecule has 0 aliphatic carbocycles. The summed E-state index contributed by atoms with van der Waals surface area (Å²) in [4.78, 5) is 12.2. The van der Waals surface area contributed by atoms with Crippen LogP contribution in [0.4, 0.5) is 0 Å². The fourth-order valence-corrected chi connectivity index (χ4v) is 2.57. The number of carbonyl (C=O) groups excluding carboxylic acids is 1. The molecule has 0 atom stereocenters. The highest BCUT2D eigenvalue weighted by Crippen LogP contribution is 2.34. The van der Waals surface area contributed by atoms with Gasteiger partial charge in [-0.2, -0.15) is 0 Å². The Morgan fingerprint density at radius 1 is 0.826 bits per heavy atom. The van der Waals surface area contributed by atoms with Crippen molar-refractivity contribution in [2.45, 2.75) is 0 Å². The number of rotatable bonds is 3. The number of hydrogen-bond acceptors (Lipinski definition) is 3. The minimum Gasteiger partial charge on any atom is -0.507 e. The first-order valence-electron chi connectivity index (χ1n) is 7.27. The van der Waals surface area contributed by atoms with Gasteiger partial charge in [0.1, 0.15) is 5.75 Å². The van der Waals surface area contributed by atoms with E-state index in [0.29, 0.717) is 16.7 Å². The van der Waals surface area contributed by atoms with Crippen molar-refractivity contribution in [3.8, 4) is 28.0 Å². The van der Waals surface area contributed by atoms with Crippen LogP contribution >= 0.6 is 0 Å². The summed E-state index contributed by atoms with van der Waals surface area (Å²) in [5.74, 6) is -0.300. The molecule has 0 spiro atoms. The third kappa shape index (κ3) is 2.94. The van der Waals surface area contributed by atoms with Gasteiger partial charge in [0.15, 0.2) is 0 Å². The smallest absolute Gasteiger partial charge is 0.338 e. The zero-order valence-electron chi connectivity index (χ0n) is 12.7. The van der Waals surface area contributed by atoms with Crippen molar-refractivity contribution in [3.05, 3.63) is 78.4 Å². The Balaban J connectivity index is 2.18. The van der Waals surface area contributed by atoms with E-state index in [1.807, 2.05) is 48.5 Å². The molecule has 3 heteroatoms. The van der Waals surface area contributed by atoms with Crippen molar-refractivity contribution in [1.82, 2.24) is 0 Å². The number of carbonyl (C=O) groups is 1. The van der Waals surface area contributed by atoms with Crippen molar-refractivity contribution >= 4 is 5.97 Å². The lowest BCUT2D eigenvalue weighted by atomic mass is 9.94. The standard InChI is InChI=1S/C20H16O3/c1-23-20(22)18-13-15(14-7-3-2-4-8-14)11-12-16(18)17-9-5-6-10-19(17)21/h2-13,21H,1H3. The molecular formula is C20H16O3. The van der Waals surface area contributed by atoms with Crippen LogP contribution in [0.2, 0.25) is 0 Å². The Morgan fingerprint density at radius 2 is 1.52 bits per heavy atom. The number of para-hydroxylation sites is 1. The zero-order valence-corrected chi connectivity index (χ0v) is 12.7. The van der Waals surface area contributed by atoms with Crippen LogP contribution in [-0.2, 0) is 4.74 Å². The molecule has 3 aromatic rings. The van der Waals surface area contributed by atoms with E-state index >= 15 is 0 Å². The minimum atomic E-state index is -0.430. The maximum Gasteiger partial charge on any atom is 0.338 e. The molecular weight excluding hydrogens is 288 g/mol. The van der Waals surface area contributed by atoms with E-state index in [1.54, 1.807) is 24.3 Å². The van der Waals surface area contributed by atoms with Gasteiger partial charge < -0.3 is 9.84 Å². The number of phenols is 1. The lowest BCUT2D eigenvalue weighted by Crippen LogP contribution is -2.04. The molecule has 0 heterocycles. The Bertz CT molecular complexity index is 839. The van der Waals surface area contributed by atoms with E-state index in [-0.39, 0.29) is 5.75 Å². The van der Waals surface area contributed by atoms with Gasteiger partial charge in [0.25, 0.3) is 0 Å². The molecule has 0 saturated carbocycles. The van der Waals surface area contributed by atoms with Gasteiger partial charge in [0.05, 0.1) is 12.7 Å². The Hall–Kier alpha value is -3.07. The van der Waals surface area contributed by atoms with E-state index in [2.05, 4.69) is 0 Å². The lowest BCUT2D eigenvalue weighted by molar-refractivity contribution is 0.0601. The number of ether oxygens (including phenoxy) is 1. The molecule has 0 fully saturated rings. The van der Waals surface area contributed by atoms with Gasteiger partial charge in [-0.1, -0.05) is 60.7 Å². The first kappa shape index (κ1) is 14.9. The largest absolute Gasteiger partial charge is 0.507 e. The molecule has 0 unspecified atom stereocenters. The predicted octanol–water partition coefficient (Wildman–Crippen LogP) is 4.51. The van der Waals surface area contributed by atoms with Crippen molar-refractivity contribution in [3.63, 3.8) is 0 Å². The average Bonchev–Trinajstić information content (AvgIpc) is 2.62. The van der Waals surface area contributed by atoms with Crippen LogP contribution in [0.25, 0.3) is 22.3 Å². The van der Waals surface area contributed by atoms with Crippen LogP contribution in [0.1, 0.15) is 10.4 Å². The SMILES string of the molecule is COC(=O)c1cc(-c2ccccc2)ccc1-c1ccccc1O. The number of esters is 1. The van der Waals surface area contributed by atoms with E-state index in [1.165, 1.54) is 7.11 Å². The normalized spacial score (nSPS) is 10.3. The average molecular weight is 304 g/mol. The first-order chi connectivity index (χ1) is 11.2. The monoisotopic (exact) mass is 304 g/mol. The number of phenolic OH excluding ortho intramolecular Hbond substituents is 1. The molecule has 3 rings (SSSR count). The maximum absolute atomic E-state index is 12.2. The summed E-state index contributed by atoms with van der Waals surface area (Å²) in [5.41, 5.74) is 3.61. The Labute approximate surface area is 134 Å². The van der Waals surface area contributed by atoms with Crippen LogP contribution in [-0.4, -0.2) is 18.2 Å². The Kier molecular flexibility index (Phi) is 4.11. The van der Waals surface area contributed by atoms with Gasteiger partial charge in [-0.05, 0) is 28.8 Å². The van der Waals surface area contributed by atoms with Gasteiger partial charge in [-0.15, -0.1) is 0 Å². The fraction of sp³-hybridized carbons (Fsp3) is 0.0500. The summed E-state index contributed by atoms with van der Waals surface area (Å²) in [6, 6.07) is 22.3. The molecule has 0 saturated heterocycles. The van der Waals surface area contributed by atoms with Crippen molar-refractivity contribution in [1.29, 1.82) is 0 Å². The van der Waals surface area contributed by atoms with Crippen LogP contribution in [0.15, 0.2) is 72.8 Å². The minimum absolute atomic E-state index is 0.130. The topological polar surface area (TPSA) is 46.5 Å². The number of hydrogen-bond donors (Lipinski definition) is 1. The predicted molar refractivity (Wildman–Crippen MR) is 90.3 cm³/mol. The van der Waals surface area contributed by atoms with Crippen LogP contribution in [0, 0.1) is 0 Å². The fourth-order valence-electron chi connectivity index (χ4n) is 2.57. The summed E-state index contributed by atoms with van der Waals surface area (Å²) < 4.78 is 4.91. The van der Waals surface area contributed by atoms with E-state index < -0.39 is 5.97 Å². The molecule has 114 valence electrons. The Morgan fingerprint density at radius 3 is 2.22 bits per heavy atom. The van der Waals surface area contributed by atoms with Crippen molar-refractivity contribution in [2.75, 3.05) is 7.11 Å². The maximum atomic E-state index is 12.2. The first-order valence-corrected chi connectivity index (χ1v) is 7.27. The van der Waals surface area contributed by atoms with Crippen molar-refractivity contribution in [2.24, 2.45) is 0 Å². The lowest BCUT2D eigenvalue weighted by Gasteiger charge is -2.12. The summed E-state index contributed by atoms with van der Waals surface area (Å²) in [6.07, 6.45) is 0. The highest BCUT2D eigenvalue weighted by atomic mass is 16.5. The highest BCUT2D eigenvalue weighted by Gasteiger charge is 2.16. The molecule has 0 radical (unpaired) electrons. The van der Waals surface area contributed by atoms with Gasteiger partial charge in [-0.3, -0.25) is 0 Å². The molecule has 3 aromatic carbocycles. The summed E-state index contributed by atoms with van der Waals surface area (Å²) in [7, 11) is 1.35. The molecule has 3 nitrogen and oxygen atoms in total. The van der Waals surface area contributed by atoms with E-state index in [9.17, 15) is 9.90 Å². The second-order valence-corrected chi connectivity index (χ2v) is 5.14. The van der Waals surface area contributed by atoms with Crippen molar-refractivity contribution < 1.29 is 14.6 Å². The molecule has 0 aromatic heterocycles. The number of benzene rings is 3. The molecule has 0 amide bonds. The summed E-state index contributed by atoms with van der Waals surface area (Å²) in [5, 5.41) is 10.1. The summed E-state index contributed by atoms with van der Waals surface area (Å²) in [6.45, 7) is 0. The molecule has 0 bridgehead atoms. The van der Waals surface area contributed by atoms with Gasteiger partial charge in [-0.25, -0.2) is 4.79 Å². The third-order valence-corrected chi connectivity index (χ3v) is 3.73.